The Morgan fingerprint density at radius 2 is 1.04 bits per heavy atom. The molecule has 0 saturated carbocycles. The van der Waals surface area contributed by atoms with Gasteiger partial charge in [0.25, 0.3) is 0 Å². The number of hydrogen-bond donors (Lipinski definition) is 2. The Morgan fingerprint density at radius 3 is 1.57 bits per heavy atom. The first kappa shape index (κ1) is 32.2. The summed E-state index contributed by atoms with van der Waals surface area (Å²) in [4.78, 5) is 17.1. The number of benzene rings is 2. The molecule has 1 aliphatic carbocycles. The summed E-state index contributed by atoms with van der Waals surface area (Å²) in [6.07, 6.45) is 9.15. The maximum atomic E-state index is 4.62. The van der Waals surface area contributed by atoms with E-state index in [2.05, 4.69) is 108 Å². The van der Waals surface area contributed by atoms with Gasteiger partial charge in [-0.1, -0.05) is 53.0 Å². The molecule has 0 unspecified atom stereocenters. The van der Waals surface area contributed by atoms with Gasteiger partial charge >= 0.3 is 0 Å². The number of thiophene rings is 1. The van der Waals surface area contributed by atoms with Gasteiger partial charge in [-0.05, 0) is 124 Å². The van der Waals surface area contributed by atoms with E-state index in [4.69, 9.17) is 0 Å². The van der Waals surface area contributed by atoms with E-state index >= 15 is 0 Å². The van der Waals surface area contributed by atoms with Crippen LogP contribution in [0.15, 0.2) is 109 Å². The van der Waals surface area contributed by atoms with Crippen LogP contribution in [0.3, 0.4) is 0 Å². The minimum atomic E-state index is 0. The second-order valence-corrected chi connectivity index (χ2v) is 12.4. The summed E-state index contributed by atoms with van der Waals surface area (Å²) in [5, 5.41) is 5.89. The first-order valence-corrected chi connectivity index (χ1v) is 16.2. The van der Waals surface area contributed by atoms with Crippen LogP contribution < -0.4 is 0 Å². The summed E-state index contributed by atoms with van der Waals surface area (Å²) in [6.45, 7) is 0. The zero-order valence-corrected chi connectivity index (χ0v) is 28.4. The van der Waals surface area contributed by atoms with Crippen molar-refractivity contribution in [2.24, 2.45) is 0 Å². The molecule has 0 atom stereocenters. The fourth-order valence-electron chi connectivity index (χ4n) is 5.56. The van der Waals surface area contributed by atoms with Crippen molar-refractivity contribution in [2.75, 3.05) is 0 Å². The summed E-state index contributed by atoms with van der Waals surface area (Å²) in [5.41, 5.74) is 13.6. The predicted molar refractivity (Wildman–Crippen MR) is 195 cm³/mol. The van der Waals surface area contributed by atoms with Crippen LogP contribution in [0, 0.1) is 0 Å². The SMILES string of the molecule is C1=Cc2cc3ccc(cc4ccc(cc5nc(cc1n2)C=C5)[nH]4)[nH]3.[Cu].[Si].c1cc2snnc2s1.c1ccc2c(c1)Cc1ccccc1-2. The number of H-pyrrole nitrogens is 2. The third-order valence-corrected chi connectivity index (χ3v) is 9.24. The van der Waals surface area contributed by atoms with Gasteiger partial charge in [-0.25, -0.2) is 9.97 Å². The second-order valence-electron chi connectivity index (χ2n) is 10.8. The smallest absolute Gasteiger partial charge is 0.158 e. The number of nitrogens with zero attached hydrogens (tertiary/aromatic N) is 4. The summed E-state index contributed by atoms with van der Waals surface area (Å²) in [7, 11) is 0. The molecule has 10 rings (SSSR count). The molecule has 0 spiro atoms. The van der Waals surface area contributed by atoms with Crippen molar-refractivity contribution in [1.82, 2.24) is 29.5 Å². The third-order valence-electron chi connectivity index (χ3n) is 7.63. The van der Waals surface area contributed by atoms with Crippen molar-refractivity contribution >= 4 is 89.7 Å². The standard InChI is InChI=1S/C20H14N4.C13H10.C4H2N2S2.Cu.Si/c1-2-14-10-16-5-6-18(23-16)12-20-8-7-19(24-20)11-17-4-3-15(22-17)9-13(1)21-14;1-3-7-12-10(5-1)9-11-6-2-4-8-13(11)12;1-2-7-4-3(1)8-6-5-4;;/h1-12,21-22H;1-8H,9H2;1-2H;;. The van der Waals surface area contributed by atoms with Gasteiger partial charge in [-0.3, -0.25) is 0 Å². The number of nitrogens with one attached hydrogen (secondary N) is 2. The Bertz CT molecular complexity index is 2220. The van der Waals surface area contributed by atoms with Gasteiger partial charge in [0.1, 0.15) is 0 Å². The maximum absolute atomic E-state index is 4.62. The Kier molecular flexibility index (Phi) is 9.86. The quantitative estimate of drug-likeness (QED) is 0.154. The molecule has 5 radical (unpaired) electrons. The minimum absolute atomic E-state index is 0. The van der Waals surface area contributed by atoms with Gasteiger partial charge < -0.3 is 9.97 Å². The summed E-state index contributed by atoms with van der Waals surface area (Å²) in [6, 6.07) is 35.7. The normalized spacial score (nSPS) is 11.7. The molecule has 6 nitrogen and oxygen atoms in total. The van der Waals surface area contributed by atoms with Gasteiger partial charge in [0, 0.05) is 50.1 Å². The zero-order valence-electron chi connectivity index (χ0n) is 24.8. The average molecular weight is 710 g/mol. The van der Waals surface area contributed by atoms with E-state index in [1.54, 1.807) is 11.3 Å². The van der Waals surface area contributed by atoms with Gasteiger partial charge in [0.15, 0.2) is 4.83 Å². The van der Waals surface area contributed by atoms with Crippen LogP contribution >= 0.6 is 22.9 Å². The monoisotopic (exact) mass is 709 g/mol. The van der Waals surface area contributed by atoms with Crippen LogP contribution in [0.4, 0.5) is 0 Å². The Labute approximate surface area is 294 Å². The first-order valence-electron chi connectivity index (χ1n) is 14.6. The maximum Gasteiger partial charge on any atom is 0.158 e. The summed E-state index contributed by atoms with van der Waals surface area (Å²) in [5.74, 6) is 0. The molecule has 47 heavy (non-hydrogen) atoms. The van der Waals surface area contributed by atoms with Crippen LogP contribution in [0.5, 0.6) is 0 Å². The molecule has 0 amide bonds. The van der Waals surface area contributed by atoms with Gasteiger partial charge in [-0.15, -0.1) is 16.4 Å². The first-order chi connectivity index (χ1) is 22.2. The predicted octanol–water partition coefficient (Wildman–Crippen LogP) is 9.28. The van der Waals surface area contributed by atoms with E-state index < -0.39 is 0 Å². The van der Waals surface area contributed by atoms with Crippen LogP contribution in [-0.4, -0.2) is 40.5 Å². The van der Waals surface area contributed by atoms with Gasteiger partial charge in [-0.2, -0.15) is 0 Å². The van der Waals surface area contributed by atoms with Crippen LogP contribution in [0.25, 0.3) is 67.0 Å². The molecule has 0 saturated heterocycles. The Hall–Kier alpha value is -4.70. The van der Waals surface area contributed by atoms with E-state index in [0.717, 1.165) is 56.1 Å². The Balaban J connectivity index is 0.000000140. The number of hydrogen-bond acceptors (Lipinski definition) is 6. The van der Waals surface area contributed by atoms with Gasteiger partial charge in [0.05, 0.1) is 27.5 Å². The topological polar surface area (TPSA) is 83.1 Å². The number of fused-ring (bicyclic) bond motifs is 12. The molecule has 8 bridgehead atoms. The molecule has 10 heteroatoms. The largest absolute Gasteiger partial charge is 0.355 e. The number of rotatable bonds is 0. The molecule has 5 aromatic heterocycles. The molecule has 2 aromatic carbocycles. The van der Waals surface area contributed by atoms with E-state index in [9.17, 15) is 0 Å². The molecular weight excluding hydrogens is 684 g/mol. The van der Waals surface area contributed by atoms with Gasteiger partial charge in [0.2, 0.25) is 0 Å². The number of aromatic nitrogens is 6. The van der Waals surface area contributed by atoms with Crippen molar-refractivity contribution < 1.29 is 17.1 Å². The molecule has 7 aromatic rings. The molecular formula is C37H26CuN6S2Si. The molecule has 7 heterocycles. The second kappa shape index (κ2) is 14.4. The third kappa shape index (κ3) is 7.33. The minimum Gasteiger partial charge on any atom is -0.355 e. The molecule has 2 N–H and O–H groups in total. The fraction of sp³-hybridized carbons (Fsp3) is 0.0270. The molecule has 2 aliphatic heterocycles. The molecule has 231 valence electrons. The van der Waals surface area contributed by atoms with E-state index in [1.807, 2.05) is 53.9 Å². The van der Waals surface area contributed by atoms with Crippen molar-refractivity contribution in [3.8, 4) is 11.1 Å². The van der Waals surface area contributed by atoms with Crippen molar-refractivity contribution in [3.63, 3.8) is 0 Å². The summed E-state index contributed by atoms with van der Waals surface area (Å²) < 4.78 is 4.95. The van der Waals surface area contributed by atoms with E-state index in [-0.39, 0.29) is 28.0 Å². The molecule has 0 fully saturated rings. The van der Waals surface area contributed by atoms with Crippen LogP contribution in [-0.2, 0) is 23.5 Å². The van der Waals surface area contributed by atoms with Crippen LogP contribution in [0.2, 0.25) is 0 Å². The zero-order chi connectivity index (χ0) is 30.0. The summed E-state index contributed by atoms with van der Waals surface area (Å²) >= 11 is 3.07. The van der Waals surface area contributed by atoms with E-state index in [1.165, 1.54) is 38.5 Å². The van der Waals surface area contributed by atoms with Crippen molar-refractivity contribution in [1.29, 1.82) is 0 Å². The van der Waals surface area contributed by atoms with Crippen molar-refractivity contribution in [2.45, 2.75) is 6.42 Å². The average Bonchev–Trinajstić information content (AvgIpc) is 3.89. The fourth-order valence-corrected chi connectivity index (χ4v) is 7.01. The molecule has 3 aliphatic rings. The van der Waals surface area contributed by atoms with Crippen molar-refractivity contribution in [3.05, 3.63) is 142 Å². The Morgan fingerprint density at radius 1 is 0.553 bits per heavy atom. The number of aromatic amines is 2. The van der Waals surface area contributed by atoms with Crippen LogP contribution in [0.1, 0.15) is 33.9 Å². The van der Waals surface area contributed by atoms with E-state index in [0.29, 0.717) is 0 Å².